The van der Waals surface area contributed by atoms with E-state index in [1.54, 1.807) is 0 Å². The molecule has 1 N–H and O–H groups in total. The monoisotopic (exact) mass is 209 g/mol. The Morgan fingerprint density at radius 1 is 1.13 bits per heavy atom. The molecule has 1 nitrogen and oxygen atoms in total. The Bertz CT molecular complexity index is 178. The van der Waals surface area contributed by atoms with Crippen molar-refractivity contribution in [2.45, 2.75) is 76.7 Å². The molecule has 1 saturated heterocycles. The predicted octanol–water partition coefficient (Wildman–Crippen LogP) is 3.88. The zero-order valence-electron chi connectivity index (χ0n) is 10.4. The summed E-state index contributed by atoms with van der Waals surface area (Å²) in [5.74, 6) is 1.05. The highest BCUT2D eigenvalue weighted by molar-refractivity contribution is 5.03. The molecular weight excluding hydrogens is 182 g/mol. The van der Waals surface area contributed by atoms with Crippen molar-refractivity contribution in [1.82, 2.24) is 5.32 Å². The van der Waals surface area contributed by atoms with Gasteiger partial charge in [0.25, 0.3) is 0 Å². The van der Waals surface area contributed by atoms with Gasteiger partial charge in [0.2, 0.25) is 0 Å². The number of hydrogen-bond acceptors (Lipinski definition) is 1. The van der Waals surface area contributed by atoms with Crippen LogP contribution in [0.2, 0.25) is 0 Å². The van der Waals surface area contributed by atoms with Crippen LogP contribution >= 0.6 is 0 Å². The smallest absolute Gasteiger partial charge is 0.0210 e. The Hall–Kier alpha value is -0.0400. The molecule has 88 valence electrons. The molecule has 2 rings (SSSR count). The third kappa shape index (κ3) is 2.96. The summed E-state index contributed by atoms with van der Waals surface area (Å²) in [4.78, 5) is 0. The van der Waals surface area contributed by atoms with E-state index in [0.29, 0.717) is 5.54 Å². The summed E-state index contributed by atoms with van der Waals surface area (Å²) >= 11 is 0. The van der Waals surface area contributed by atoms with Crippen LogP contribution in [0.25, 0.3) is 0 Å². The first-order chi connectivity index (χ1) is 7.37. The SMILES string of the molecule is CCCCCCCC1(C2CC2)CCCN1. The van der Waals surface area contributed by atoms with Gasteiger partial charge in [-0.05, 0) is 44.6 Å². The van der Waals surface area contributed by atoms with E-state index in [4.69, 9.17) is 0 Å². The molecule has 1 aliphatic heterocycles. The molecule has 0 radical (unpaired) electrons. The molecule has 0 aromatic rings. The standard InChI is InChI=1S/C14H27N/c1-2-3-4-5-6-10-14(13-8-9-13)11-7-12-15-14/h13,15H,2-12H2,1H3. The topological polar surface area (TPSA) is 12.0 Å². The lowest BCUT2D eigenvalue weighted by molar-refractivity contribution is 0.290. The highest BCUT2D eigenvalue weighted by Crippen LogP contribution is 2.46. The predicted molar refractivity (Wildman–Crippen MR) is 66.1 cm³/mol. The van der Waals surface area contributed by atoms with E-state index in [2.05, 4.69) is 12.2 Å². The summed E-state index contributed by atoms with van der Waals surface area (Å²) in [6.07, 6.45) is 14.5. The quantitative estimate of drug-likeness (QED) is 0.627. The van der Waals surface area contributed by atoms with Crippen LogP contribution in [0.1, 0.15) is 71.1 Å². The summed E-state index contributed by atoms with van der Waals surface area (Å²) in [5.41, 5.74) is 0.603. The van der Waals surface area contributed by atoms with Crippen LogP contribution in [0.3, 0.4) is 0 Å². The molecule has 1 saturated carbocycles. The van der Waals surface area contributed by atoms with Gasteiger partial charge in [-0.3, -0.25) is 0 Å². The average Bonchev–Trinajstić information content (AvgIpc) is 3.00. The minimum Gasteiger partial charge on any atom is -0.311 e. The van der Waals surface area contributed by atoms with Gasteiger partial charge in [-0.1, -0.05) is 39.0 Å². The molecule has 2 fully saturated rings. The van der Waals surface area contributed by atoms with E-state index in [0.717, 1.165) is 5.92 Å². The Labute approximate surface area is 95.0 Å². The second-order valence-electron chi connectivity index (χ2n) is 5.62. The van der Waals surface area contributed by atoms with E-state index < -0.39 is 0 Å². The molecule has 0 aromatic heterocycles. The summed E-state index contributed by atoms with van der Waals surface area (Å²) in [6.45, 7) is 3.58. The van der Waals surface area contributed by atoms with E-state index in [9.17, 15) is 0 Å². The summed E-state index contributed by atoms with van der Waals surface area (Å²) < 4.78 is 0. The Kier molecular flexibility index (Phi) is 4.07. The van der Waals surface area contributed by atoms with Gasteiger partial charge in [0, 0.05) is 5.54 Å². The van der Waals surface area contributed by atoms with Gasteiger partial charge in [-0.15, -0.1) is 0 Å². The van der Waals surface area contributed by atoms with E-state index in [1.165, 1.54) is 70.8 Å². The number of unbranched alkanes of at least 4 members (excludes halogenated alkanes) is 4. The Morgan fingerprint density at radius 2 is 1.93 bits per heavy atom. The first-order valence-corrected chi connectivity index (χ1v) is 7.12. The third-order valence-electron chi connectivity index (χ3n) is 4.36. The van der Waals surface area contributed by atoms with Gasteiger partial charge < -0.3 is 5.32 Å². The van der Waals surface area contributed by atoms with Gasteiger partial charge in [-0.25, -0.2) is 0 Å². The number of nitrogens with one attached hydrogen (secondary N) is 1. The van der Waals surface area contributed by atoms with Crippen molar-refractivity contribution in [3.05, 3.63) is 0 Å². The summed E-state index contributed by atoms with van der Waals surface area (Å²) in [7, 11) is 0. The van der Waals surface area contributed by atoms with Crippen LogP contribution in [-0.4, -0.2) is 12.1 Å². The van der Waals surface area contributed by atoms with Crippen LogP contribution in [0.5, 0.6) is 0 Å². The molecule has 1 atom stereocenters. The molecule has 1 heteroatoms. The average molecular weight is 209 g/mol. The summed E-state index contributed by atoms with van der Waals surface area (Å²) in [5, 5.41) is 3.82. The van der Waals surface area contributed by atoms with E-state index >= 15 is 0 Å². The van der Waals surface area contributed by atoms with E-state index in [1.807, 2.05) is 0 Å². The minimum atomic E-state index is 0.603. The first-order valence-electron chi connectivity index (χ1n) is 7.12. The van der Waals surface area contributed by atoms with Crippen LogP contribution in [-0.2, 0) is 0 Å². The van der Waals surface area contributed by atoms with Crippen molar-refractivity contribution >= 4 is 0 Å². The lowest BCUT2D eigenvalue weighted by Crippen LogP contribution is -2.41. The minimum absolute atomic E-state index is 0.603. The molecule has 1 unspecified atom stereocenters. The molecule has 15 heavy (non-hydrogen) atoms. The molecule has 0 aromatic carbocycles. The molecular formula is C14H27N. The fourth-order valence-electron chi connectivity index (χ4n) is 3.28. The number of hydrogen-bond donors (Lipinski definition) is 1. The second-order valence-corrected chi connectivity index (χ2v) is 5.62. The zero-order chi connectivity index (χ0) is 10.6. The van der Waals surface area contributed by atoms with Gasteiger partial charge >= 0.3 is 0 Å². The van der Waals surface area contributed by atoms with Crippen LogP contribution in [0.15, 0.2) is 0 Å². The maximum Gasteiger partial charge on any atom is 0.0210 e. The highest BCUT2D eigenvalue weighted by atomic mass is 15.0. The van der Waals surface area contributed by atoms with Crippen molar-refractivity contribution in [2.24, 2.45) is 5.92 Å². The fourth-order valence-corrected chi connectivity index (χ4v) is 3.28. The zero-order valence-corrected chi connectivity index (χ0v) is 10.4. The van der Waals surface area contributed by atoms with Crippen LogP contribution < -0.4 is 5.32 Å². The fraction of sp³-hybridized carbons (Fsp3) is 1.00. The van der Waals surface area contributed by atoms with Gasteiger partial charge in [0.15, 0.2) is 0 Å². The van der Waals surface area contributed by atoms with Crippen molar-refractivity contribution in [1.29, 1.82) is 0 Å². The number of rotatable bonds is 7. The van der Waals surface area contributed by atoms with E-state index in [-0.39, 0.29) is 0 Å². The molecule has 0 bridgehead atoms. The maximum absolute atomic E-state index is 3.82. The Balaban J connectivity index is 1.66. The molecule has 1 heterocycles. The lowest BCUT2D eigenvalue weighted by Gasteiger charge is -2.30. The first kappa shape index (κ1) is 11.4. The maximum atomic E-state index is 3.82. The van der Waals surface area contributed by atoms with Gasteiger partial charge in [0.1, 0.15) is 0 Å². The molecule has 2 aliphatic rings. The third-order valence-corrected chi connectivity index (χ3v) is 4.36. The Morgan fingerprint density at radius 3 is 2.53 bits per heavy atom. The van der Waals surface area contributed by atoms with Crippen molar-refractivity contribution < 1.29 is 0 Å². The highest BCUT2D eigenvalue weighted by Gasteiger charge is 2.45. The molecule has 0 spiro atoms. The molecule has 1 aliphatic carbocycles. The lowest BCUT2D eigenvalue weighted by atomic mass is 9.85. The van der Waals surface area contributed by atoms with Gasteiger partial charge in [-0.2, -0.15) is 0 Å². The van der Waals surface area contributed by atoms with Crippen LogP contribution in [0, 0.1) is 5.92 Å². The van der Waals surface area contributed by atoms with Crippen molar-refractivity contribution in [3.63, 3.8) is 0 Å². The second kappa shape index (κ2) is 5.34. The van der Waals surface area contributed by atoms with Crippen molar-refractivity contribution in [3.8, 4) is 0 Å². The van der Waals surface area contributed by atoms with Crippen molar-refractivity contribution in [2.75, 3.05) is 6.54 Å². The van der Waals surface area contributed by atoms with Gasteiger partial charge in [0.05, 0.1) is 0 Å². The normalized spacial score (nSPS) is 31.0. The van der Waals surface area contributed by atoms with Crippen LogP contribution in [0.4, 0.5) is 0 Å². The summed E-state index contributed by atoms with van der Waals surface area (Å²) in [6, 6.07) is 0. The molecule has 0 amide bonds. The largest absolute Gasteiger partial charge is 0.311 e.